The Morgan fingerprint density at radius 3 is 0.941 bits per heavy atom. The van der Waals surface area contributed by atoms with E-state index in [-0.39, 0.29) is 0 Å². The minimum absolute atomic E-state index is 0.827. The molecule has 0 fully saturated rings. The number of hydrogen-bond acceptors (Lipinski definition) is 4. The number of alkyl halides is 12. The number of carbonyl (C=O) groups is 2. The van der Waals surface area contributed by atoms with Crippen molar-refractivity contribution in [3.05, 3.63) is 0 Å². The van der Waals surface area contributed by atoms with E-state index in [1.54, 1.807) is 0 Å². The van der Waals surface area contributed by atoms with Crippen LogP contribution in [0.15, 0.2) is 0 Å². The quantitative estimate of drug-likeness (QED) is 0.231. The second-order valence-electron chi connectivity index (χ2n) is 9.63. The zero-order valence-corrected chi connectivity index (χ0v) is 18.5. The van der Waals surface area contributed by atoms with Crippen LogP contribution in [0.1, 0.15) is 48.0 Å². The Bertz CT molecular complexity index is 659. The molecule has 4 nitrogen and oxygen atoms in total. The molecule has 0 aromatic carbocycles. The van der Waals surface area contributed by atoms with E-state index >= 15 is 0 Å². The Morgan fingerprint density at radius 2 is 0.794 bits per heavy atom. The fourth-order valence-corrected chi connectivity index (χ4v) is 2.95. The molecule has 0 aromatic heterocycles. The second-order valence-corrected chi connectivity index (χ2v) is 9.63. The van der Waals surface area contributed by atoms with Crippen LogP contribution in [-0.4, -0.2) is 48.9 Å². The van der Waals surface area contributed by atoms with Gasteiger partial charge in [0.2, 0.25) is 0 Å². The van der Waals surface area contributed by atoms with Crippen molar-refractivity contribution in [3.8, 4) is 0 Å². The average Bonchev–Trinajstić information content (AvgIpc) is 2.48. The van der Waals surface area contributed by atoms with Crippen molar-refractivity contribution in [1.82, 2.24) is 0 Å². The Morgan fingerprint density at radius 1 is 0.559 bits per heavy atom. The topological polar surface area (TPSA) is 52.6 Å². The van der Waals surface area contributed by atoms with Gasteiger partial charge in [0.25, 0.3) is 12.2 Å². The molecule has 0 radical (unpaired) electrons. The fourth-order valence-electron chi connectivity index (χ4n) is 2.95. The molecule has 0 aliphatic carbocycles. The highest BCUT2D eigenvalue weighted by Crippen LogP contribution is 2.51. The van der Waals surface area contributed by atoms with E-state index in [9.17, 15) is 62.3 Å². The van der Waals surface area contributed by atoms with Crippen LogP contribution in [0, 0.1) is 16.2 Å². The van der Waals surface area contributed by atoms with Crippen molar-refractivity contribution < 1.29 is 71.7 Å². The smallest absolute Gasteiger partial charge is 0.434 e. The predicted octanol–water partition coefficient (Wildman–Crippen LogP) is 6.53. The minimum atomic E-state index is -6.27. The summed E-state index contributed by atoms with van der Waals surface area (Å²) in [4.78, 5) is 25.5. The second kappa shape index (κ2) is 9.28. The van der Waals surface area contributed by atoms with Crippen molar-refractivity contribution in [3.63, 3.8) is 0 Å². The molecule has 0 saturated heterocycles. The molecule has 0 heterocycles. The third kappa shape index (κ3) is 7.82. The summed E-state index contributed by atoms with van der Waals surface area (Å²) in [6.07, 6.45) is -35.9. The van der Waals surface area contributed by atoms with Crippen molar-refractivity contribution in [2.75, 3.05) is 0 Å². The summed E-state index contributed by atoms with van der Waals surface area (Å²) in [7, 11) is 0. The first-order chi connectivity index (χ1) is 14.5. The van der Waals surface area contributed by atoms with Crippen molar-refractivity contribution in [1.29, 1.82) is 0 Å². The van der Waals surface area contributed by atoms with Crippen molar-refractivity contribution in [2.45, 2.75) is 84.9 Å². The van der Waals surface area contributed by atoms with Crippen LogP contribution in [-0.2, 0) is 19.1 Å². The Labute approximate surface area is 185 Å². The Kier molecular flexibility index (Phi) is 8.76. The number of carbonyl (C=O) groups excluding carboxylic acids is 2. The highest BCUT2D eigenvalue weighted by molar-refractivity contribution is 6.01. The lowest BCUT2D eigenvalue weighted by molar-refractivity contribution is -0.322. The van der Waals surface area contributed by atoms with Crippen LogP contribution in [0.2, 0.25) is 0 Å². The molecule has 34 heavy (non-hydrogen) atoms. The van der Waals surface area contributed by atoms with Crippen LogP contribution in [0.5, 0.6) is 0 Å². The van der Waals surface area contributed by atoms with Gasteiger partial charge >= 0.3 is 36.6 Å². The molecule has 0 saturated carbocycles. The lowest BCUT2D eigenvalue weighted by Crippen LogP contribution is -2.58. The largest absolute Gasteiger partial charge is 0.442 e. The number of rotatable bonds is 5. The van der Waals surface area contributed by atoms with Gasteiger partial charge in [0.15, 0.2) is 5.41 Å². The van der Waals surface area contributed by atoms with Gasteiger partial charge in [0.1, 0.15) is 0 Å². The van der Waals surface area contributed by atoms with E-state index in [1.165, 1.54) is 20.8 Å². The molecule has 0 amide bonds. The molecule has 202 valence electrons. The third-order valence-corrected chi connectivity index (χ3v) is 4.41. The first kappa shape index (κ1) is 32.1. The minimum Gasteiger partial charge on any atom is -0.442 e. The summed E-state index contributed by atoms with van der Waals surface area (Å²) in [6.45, 7) is 5.99. The van der Waals surface area contributed by atoms with Gasteiger partial charge in [0, 0.05) is 0 Å². The lowest BCUT2D eigenvalue weighted by Gasteiger charge is -2.44. The van der Waals surface area contributed by atoms with E-state index in [4.69, 9.17) is 0 Å². The zero-order valence-electron chi connectivity index (χ0n) is 18.5. The van der Waals surface area contributed by atoms with E-state index in [0.29, 0.717) is 0 Å². The third-order valence-electron chi connectivity index (χ3n) is 4.41. The molecule has 0 N–H and O–H groups in total. The maximum absolute atomic E-state index is 12.9. The highest BCUT2D eigenvalue weighted by Gasteiger charge is 2.67. The van der Waals surface area contributed by atoms with Crippen molar-refractivity contribution in [2.24, 2.45) is 16.2 Å². The molecular weight excluding hydrogens is 508 g/mol. The SMILES string of the molecule is CC(C)(C)CC(C(=O)OC(C(F)(F)F)C(F)(F)F)(C(=O)OC(C(F)(F)F)C(F)(F)F)C(C)(C)C. The normalized spacial score (nSPS) is 15.1. The van der Waals surface area contributed by atoms with E-state index in [1.807, 2.05) is 0 Å². The first-order valence-electron chi connectivity index (χ1n) is 9.17. The van der Waals surface area contributed by atoms with Crippen LogP contribution >= 0.6 is 0 Å². The average molecular weight is 530 g/mol. The van der Waals surface area contributed by atoms with Gasteiger partial charge in [-0.3, -0.25) is 9.59 Å². The van der Waals surface area contributed by atoms with Gasteiger partial charge in [0.05, 0.1) is 0 Å². The number of hydrogen-bond donors (Lipinski definition) is 0. The predicted molar refractivity (Wildman–Crippen MR) is 89.9 cm³/mol. The lowest BCUT2D eigenvalue weighted by atomic mass is 9.60. The summed E-state index contributed by atoms with van der Waals surface area (Å²) < 4.78 is 162. The van der Waals surface area contributed by atoms with Gasteiger partial charge < -0.3 is 9.47 Å². The summed E-state index contributed by atoms with van der Waals surface area (Å²) in [6, 6.07) is 0. The molecule has 0 unspecified atom stereocenters. The van der Waals surface area contributed by atoms with E-state index in [2.05, 4.69) is 9.47 Å². The zero-order chi connectivity index (χ0) is 27.9. The van der Waals surface area contributed by atoms with Crippen LogP contribution in [0.25, 0.3) is 0 Å². The van der Waals surface area contributed by atoms with Gasteiger partial charge in [-0.1, -0.05) is 41.5 Å². The maximum Gasteiger partial charge on any atom is 0.434 e. The Balaban J connectivity index is 6.95. The molecule has 16 heteroatoms. The molecule has 0 spiro atoms. The van der Waals surface area contributed by atoms with Gasteiger partial charge in [-0.05, 0) is 17.3 Å². The molecule has 0 aliphatic heterocycles. The first-order valence-corrected chi connectivity index (χ1v) is 9.17. The summed E-state index contributed by atoms with van der Waals surface area (Å²) in [5.41, 5.74) is -7.06. The van der Waals surface area contributed by atoms with E-state index in [0.717, 1.165) is 20.8 Å². The molecule has 0 bridgehead atoms. The summed E-state index contributed by atoms with van der Waals surface area (Å²) in [5.74, 6) is -5.30. The molecule has 0 atom stereocenters. The van der Waals surface area contributed by atoms with Crippen LogP contribution in [0.3, 0.4) is 0 Å². The van der Waals surface area contributed by atoms with Gasteiger partial charge in [-0.25, -0.2) is 0 Å². The molecule has 0 aliphatic rings. The van der Waals surface area contributed by atoms with Crippen LogP contribution in [0.4, 0.5) is 52.7 Å². The number of halogens is 12. The van der Waals surface area contributed by atoms with Crippen LogP contribution < -0.4 is 0 Å². The Hall–Kier alpha value is -1.90. The fraction of sp³-hybridized carbons (Fsp3) is 0.889. The number of esters is 2. The molecule has 0 aromatic rings. The summed E-state index contributed by atoms with van der Waals surface area (Å²) >= 11 is 0. The van der Waals surface area contributed by atoms with Crippen molar-refractivity contribution >= 4 is 11.9 Å². The number of ether oxygens (including phenoxy) is 2. The summed E-state index contributed by atoms with van der Waals surface area (Å²) in [5, 5.41) is 0. The van der Waals surface area contributed by atoms with Gasteiger partial charge in [-0.15, -0.1) is 0 Å². The van der Waals surface area contributed by atoms with E-state index < -0.39 is 71.5 Å². The van der Waals surface area contributed by atoms with Gasteiger partial charge in [-0.2, -0.15) is 52.7 Å². The standard InChI is InChI=1S/C18H22F12O4/c1-12(2,3)7-14(13(4,5)6,10(31)33-8(15(19,20)21)16(22,23)24)11(32)34-9(17(25,26)27)18(28,29)30/h8-9H,7H2,1-6H3. The molecule has 0 rings (SSSR count). The maximum atomic E-state index is 12.9. The monoisotopic (exact) mass is 530 g/mol. The molecular formula is C18H22F12O4. The highest BCUT2D eigenvalue weighted by atomic mass is 19.4.